The van der Waals surface area contributed by atoms with Gasteiger partial charge >= 0.3 is 0 Å². The van der Waals surface area contributed by atoms with E-state index in [9.17, 15) is 0 Å². The van der Waals surface area contributed by atoms with E-state index in [2.05, 4.69) is 4.98 Å². The van der Waals surface area contributed by atoms with E-state index in [1.807, 2.05) is 31.2 Å². The van der Waals surface area contributed by atoms with Crippen molar-refractivity contribution in [3.8, 4) is 5.75 Å². The van der Waals surface area contributed by atoms with Crippen molar-refractivity contribution in [3.05, 3.63) is 30.5 Å². The topological polar surface area (TPSA) is 68.4 Å². The molecule has 1 aromatic carbocycles. The Kier molecular flexibility index (Phi) is 3.44. The molecule has 0 aliphatic heterocycles. The number of benzene rings is 1. The van der Waals surface area contributed by atoms with Gasteiger partial charge in [-0.2, -0.15) is 0 Å². The molecule has 17 heavy (non-hydrogen) atoms. The van der Waals surface area contributed by atoms with Gasteiger partial charge in [0.25, 0.3) is 0 Å². The third-order valence-corrected chi connectivity index (χ3v) is 2.60. The van der Waals surface area contributed by atoms with Gasteiger partial charge in [0.2, 0.25) is 0 Å². The van der Waals surface area contributed by atoms with Crippen molar-refractivity contribution in [2.24, 2.45) is 5.92 Å². The van der Waals surface area contributed by atoms with E-state index in [-0.39, 0.29) is 12.5 Å². The summed E-state index contributed by atoms with van der Waals surface area (Å²) < 4.78 is 5.65. The van der Waals surface area contributed by atoms with Crippen molar-refractivity contribution in [2.75, 3.05) is 18.9 Å². The van der Waals surface area contributed by atoms with Crippen LogP contribution in [0, 0.1) is 5.92 Å². The van der Waals surface area contributed by atoms with Crippen LogP contribution < -0.4 is 10.5 Å². The number of hydrogen-bond acceptors (Lipinski definition) is 4. The fourth-order valence-corrected chi connectivity index (χ4v) is 1.57. The Labute approximate surface area is 100 Å². The Morgan fingerprint density at radius 1 is 1.41 bits per heavy atom. The highest BCUT2D eigenvalue weighted by atomic mass is 16.5. The molecule has 1 unspecified atom stereocenters. The predicted molar refractivity (Wildman–Crippen MR) is 67.9 cm³/mol. The molecular weight excluding hydrogens is 216 g/mol. The molecule has 0 aliphatic rings. The number of aromatic nitrogens is 1. The molecule has 1 atom stereocenters. The van der Waals surface area contributed by atoms with Crippen LogP contribution >= 0.6 is 0 Å². The number of nitrogens with zero attached hydrogens (tertiary/aromatic N) is 1. The molecule has 4 heteroatoms. The largest absolute Gasteiger partial charge is 0.491 e. The maximum atomic E-state index is 8.95. The zero-order valence-electron chi connectivity index (χ0n) is 9.76. The normalized spacial score (nSPS) is 12.6. The third-order valence-electron chi connectivity index (χ3n) is 2.60. The smallest absolute Gasteiger partial charge is 0.145 e. The van der Waals surface area contributed by atoms with Gasteiger partial charge in [-0.25, -0.2) is 0 Å². The maximum Gasteiger partial charge on any atom is 0.145 e. The summed E-state index contributed by atoms with van der Waals surface area (Å²) in [5.41, 5.74) is 7.32. The first kappa shape index (κ1) is 11.7. The molecular formula is C13H16N2O2. The standard InChI is InChI=1S/C13H16N2O2/c1-9(7-16)8-17-12-5-4-11(14)10-3-2-6-15-13(10)12/h2-6,9,16H,7-8,14H2,1H3. The molecule has 0 saturated carbocycles. The summed E-state index contributed by atoms with van der Waals surface area (Å²) in [5.74, 6) is 0.807. The van der Waals surface area contributed by atoms with E-state index in [1.165, 1.54) is 0 Å². The van der Waals surface area contributed by atoms with Crippen LogP contribution in [0.25, 0.3) is 10.9 Å². The van der Waals surface area contributed by atoms with Crippen LogP contribution in [0.2, 0.25) is 0 Å². The minimum Gasteiger partial charge on any atom is -0.491 e. The van der Waals surface area contributed by atoms with E-state index in [4.69, 9.17) is 15.6 Å². The number of nitrogens with two attached hydrogens (primary N) is 1. The number of rotatable bonds is 4. The average Bonchev–Trinajstić information content (AvgIpc) is 2.38. The van der Waals surface area contributed by atoms with E-state index >= 15 is 0 Å². The number of pyridine rings is 1. The van der Waals surface area contributed by atoms with Crippen LogP contribution in [-0.4, -0.2) is 23.3 Å². The second kappa shape index (κ2) is 5.01. The molecule has 2 rings (SSSR count). The van der Waals surface area contributed by atoms with Gasteiger partial charge in [-0.3, -0.25) is 4.98 Å². The number of nitrogen functional groups attached to an aromatic ring is 1. The molecule has 0 bridgehead atoms. The molecule has 0 amide bonds. The van der Waals surface area contributed by atoms with Gasteiger partial charge in [0.15, 0.2) is 0 Å². The van der Waals surface area contributed by atoms with Gasteiger partial charge in [-0.15, -0.1) is 0 Å². The number of fused-ring (bicyclic) bond motifs is 1. The second-order valence-electron chi connectivity index (χ2n) is 4.15. The minimum atomic E-state index is 0.103. The van der Waals surface area contributed by atoms with Gasteiger partial charge in [-0.1, -0.05) is 6.92 Å². The summed E-state index contributed by atoms with van der Waals surface area (Å²) in [7, 11) is 0. The van der Waals surface area contributed by atoms with E-state index in [0.29, 0.717) is 18.0 Å². The quantitative estimate of drug-likeness (QED) is 0.789. The average molecular weight is 232 g/mol. The lowest BCUT2D eigenvalue weighted by Gasteiger charge is -2.12. The molecule has 90 valence electrons. The lowest BCUT2D eigenvalue weighted by Crippen LogP contribution is -2.12. The Morgan fingerprint density at radius 3 is 3.00 bits per heavy atom. The van der Waals surface area contributed by atoms with Crippen molar-refractivity contribution in [1.82, 2.24) is 4.98 Å². The fourth-order valence-electron chi connectivity index (χ4n) is 1.57. The molecule has 2 aromatic rings. The van der Waals surface area contributed by atoms with E-state index in [0.717, 1.165) is 10.9 Å². The summed E-state index contributed by atoms with van der Waals surface area (Å²) >= 11 is 0. The highest BCUT2D eigenvalue weighted by Crippen LogP contribution is 2.28. The number of aliphatic hydroxyl groups excluding tert-OH is 1. The first-order chi connectivity index (χ1) is 8.22. The summed E-state index contributed by atoms with van der Waals surface area (Å²) in [5, 5.41) is 9.84. The van der Waals surface area contributed by atoms with Crippen molar-refractivity contribution in [2.45, 2.75) is 6.92 Å². The van der Waals surface area contributed by atoms with Crippen LogP contribution in [0.15, 0.2) is 30.5 Å². The molecule has 0 aliphatic carbocycles. The van der Waals surface area contributed by atoms with Crippen molar-refractivity contribution in [1.29, 1.82) is 0 Å². The first-order valence-corrected chi connectivity index (χ1v) is 5.59. The molecule has 0 fully saturated rings. The van der Waals surface area contributed by atoms with Crippen LogP contribution in [0.4, 0.5) is 5.69 Å². The Morgan fingerprint density at radius 2 is 2.24 bits per heavy atom. The molecule has 1 aromatic heterocycles. The Balaban J connectivity index is 2.32. The number of anilines is 1. The molecule has 1 heterocycles. The van der Waals surface area contributed by atoms with Crippen LogP contribution in [0.3, 0.4) is 0 Å². The summed E-state index contributed by atoms with van der Waals surface area (Å²) in [6.07, 6.45) is 1.71. The van der Waals surface area contributed by atoms with Crippen molar-refractivity contribution >= 4 is 16.6 Å². The molecule has 4 nitrogen and oxygen atoms in total. The number of aliphatic hydroxyl groups is 1. The van der Waals surface area contributed by atoms with Crippen LogP contribution in [0.1, 0.15) is 6.92 Å². The fraction of sp³-hybridized carbons (Fsp3) is 0.308. The van der Waals surface area contributed by atoms with Gasteiger partial charge in [0, 0.05) is 29.8 Å². The number of hydrogen-bond donors (Lipinski definition) is 2. The first-order valence-electron chi connectivity index (χ1n) is 5.59. The highest BCUT2D eigenvalue weighted by molar-refractivity contribution is 5.94. The Hall–Kier alpha value is -1.81. The third kappa shape index (κ3) is 2.47. The SMILES string of the molecule is CC(CO)COc1ccc(N)c2cccnc12. The maximum absolute atomic E-state index is 8.95. The molecule has 3 N–H and O–H groups in total. The summed E-state index contributed by atoms with van der Waals surface area (Å²) in [6, 6.07) is 7.39. The molecule has 0 radical (unpaired) electrons. The van der Waals surface area contributed by atoms with Gasteiger partial charge in [0.05, 0.1) is 6.61 Å². The van der Waals surface area contributed by atoms with Crippen LogP contribution in [0.5, 0.6) is 5.75 Å². The zero-order valence-corrected chi connectivity index (χ0v) is 9.76. The Bertz CT molecular complexity index is 514. The number of ether oxygens (including phenoxy) is 1. The van der Waals surface area contributed by atoms with Gasteiger partial charge < -0.3 is 15.6 Å². The lowest BCUT2D eigenvalue weighted by atomic mass is 10.1. The van der Waals surface area contributed by atoms with E-state index in [1.54, 1.807) is 6.20 Å². The zero-order chi connectivity index (χ0) is 12.3. The molecule has 0 spiro atoms. The minimum absolute atomic E-state index is 0.103. The van der Waals surface area contributed by atoms with Gasteiger partial charge in [0.1, 0.15) is 11.3 Å². The van der Waals surface area contributed by atoms with Crippen molar-refractivity contribution < 1.29 is 9.84 Å². The van der Waals surface area contributed by atoms with Gasteiger partial charge in [-0.05, 0) is 24.3 Å². The lowest BCUT2D eigenvalue weighted by molar-refractivity contribution is 0.175. The molecule has 0 saturated heterocycles. The van der Waals surface area contributed by atoms with Crippen LogP contribution in [-0.2, 0) is 0 Å². The second-order valence-corrected chi connectivity index (χ2v) is 4.15. The monoisotopic (exact) mass is 232 g/mol. The highest BCUT2D eigenvalue weighted by Gasteiger charge is 2.07. The van der Waals surface area contributed by atoms with E-state index < -0.39 is 0 Å². The predicted octanol–water partition coefficient (Wildman–Crippen LogP) is 1.82. The summed E-state index contributed by atoms with van der Waals surface area (Å²) in [4.78, 5) is 4.28. The summed E-state index contributed by atoms with van der Waals surface area (Å²) in [6.45, 7) is 2.50. The van der Waals surface area contributed by atoms with Crippen molar-refractivity contribution in [3.63, 3.8) is 0 Å².